The summed E-state index contributed by atoms with van der Waals surface area (Å²) < 4.78 is 0. The third-order valence-corrected chi connectivity index (χ3v) is 6.76. The van der Waals surface area contributed by atoms with Crippen LogP contribution in [0.25, 0.3) is 12.2 Å². The van der Waals surface area contributed by atoms with E-state index < -0.39 is 0 Å². The number of nitrogens with zero attached hydrogens (tertiary/aromatic N) is 3. The summed E-state index contributed by atoms with van der Waals surface area (Å²) in [6.07, 6.45) is 6.34. The molecule has 170 valence electrons. The van der Waals surface area contributed by atoms with Gasteiger partial charge < -0.3 is 14.9 Å². The smallest absolute Gasteiger partial charge is 0.236 e. The van der Waals surface area contributed by atoms with Crippen molar-refractivity contribution in [1.29, 1.82) is 0 Å². The van der Waals surface area contributed by atoms with Crippen LogP contribution in [-0.2, 0) is 4.79 Å². The Hall–Kier alpha value is -2.47. The second-order valence-electron chi connectivity index (χ2n) is 9.28. The van der Waals surface area contributed by atoms with Gasteiger partial charge in [-0.1, -0.05) is 66.7 Å². The second-order valence-corrected chi connectivity index (χ2v) is 9.28. The lowest BCUT2D eigenvalue weighted by Crippen LogP contribution is -2.68. The molecular formula is C27H35N3O2. The molecule has 2 heterocycles. The number of fused-ring (bicyclic) bond motifs is 1. The van der Waals surface area contributed by atoms with E-state index in [0.717, 1.165) is 38.0 Å². The van der Waals surface area contributed by atoms with Gasteiger partial charge in [-0.15, -0.1) is 0 Å². The Bertz CT molecular complexity index is 910. The summed E-state index contributed by atoms with van der Waals surface area (Å²) in [4.78, 5) is 19.2. The average molecular weight is 434 g/mol. The van der Waals surface area contributed by atoms with Crippen molar-refractivity contribution < 1.29 is 9.90 Å². The Balaban J connectivity index is 1.49. The molecule has 0 aliphatic carbocycles. The van der Waals surface area contributed by atoms with Crippen LogP contribution in [0.3, 0.4) is 0 Å². The van der Waals surface area contributed by atoms with Crippen LogP contribution in [-0.4, -0.2) is 84.7 Å². The number of carbonyl (C=O) groups excluding carboxylic acids is 1. The lowest BCUT2D eigenvalue weighted by atomic mass is 9.74. The molecule has 0 spiro atoms. The molecular weight excluding hydrogens is 398 g/mol. The number of carbonyl (C=O) groups is 1. The maximum atomic E-state index is 12.8. The van der Waals surface area contributed by atoms with Crippen LogP contribution in [0.1, 0.15) is 35.4 Å². The van der Waals surface area contributed by atoms with Crippen LogP contribution < -0.4 is 0 Å². The van der Waals surface area contributed by atoms with Gasteiger partial charge in [0.2, 0.25) is 5.91 Å². The molecule has 2 aromatic rings. The van der Waals surface area contributed by atoms with Gasteiger partial charge in [-0.25, -0.2) is 0 Å². The molecule has 2 saturated heterocycles. The summed E-state index contributed by atoms with van der Waals surface area (Å²) in [6.45, 7) is 3.17. The minimum atomic E-state index is 0.134. The Labute approximate surface area is 191 Å². The van der Waals surface area contributed by atoms with Crippen molar-refractivity contribution >= 4 is 18.1 Å². The van der Waals surface area contributed by atoms with Gasteiger partial charge in [-0.05, 0) is 50.2 Å². The third kappa shape index (κ3) is 5.12. The molecule has 0 saturated carbocycles. The first kappa shape index (κ1) is 22.7. The quantitative estimate of drug-likeness (QED) is 0.711. The van der Waals surface area contributed by atoms with Gasteiger partial charge >= 0.3 is 0 Å². The normalized spacial score (nSPS) is 24.1. The Morgan fingerprint density at radius 1 is 1.00 bits per heavy atom. The van der Waals surface area contributed by atoms with E-state index in [2.05, 4.69) is 53.5 Å². The van der Waals surface area contributed by atoms with Gasteiger partial charge in [0.1, 0.15) is 0 Å². The van der Waals surface area contributed by atoms with E-state index in [0.29, 0.717) is 6.54 Å². The highest BCUT2D eigenvalue weighted by Gasteiger charge is 2.49. The van der Waals surface area contributed by atoms with E-state index >= 15 is 0 Å². The lowest BCUT2D eigenvalue weighted by molar-refractivity contribution is -0.137. The highest BCUT2D eigenvalue weighted by atomic mass is 16.3. The molecule has 4 rings (SSSR count). The number of benzene rings is 2. The third-order valence-electron chi connectivity index (χ3n) is 6.76. The van der Waals surface area contributed by atoms with E-state index in [-0.39, 0.29) is 30.5 Å². The van der Waals surface area contributed by atoms with Crippen LogP contribution in [0.2, 0.25) is 0 Å². The predicted octanol–water partition coefficient (Wildman–Crippen LogP) is 3.17. The predicted molar refractivity (Wildman–Crippen MR) is 130 cm³/mol. The Kier molecular flexibility index (Phi) is 7.40. The van der Waals surface area contributed by atoms with Gasteiger partial charge in [0.25, 0.3) is 0 Å². The maximum absolute atomic E-state index is 12.8. The van der Waals surface area contributed by atoms with E-state index in [9.17, 15) is 9.90 Å². The maximum Gasteiger partial charge on any atom is 0.236 e. The van der Waals surface area contributed by atoms with Crippen molar-refractivity contribution in [2.75, 3.05) is 46.9 Å². The summed E-state index contributed by atoms with van der Waals surface area (Å²) in [5.74, 6) is 0.448. The topological polar surface area (TPSA) is 47.0 Å². The Morgan fingerprint density at radius 2 is 1.66 bits per heavy atom. The minimum absolute atomic E-state index is 0.134. The number of aliphatic hydroxyl groups excluding tert-OH is 1. The highest BCUT2D eigenvalue weighted by molar-refractivity contribution is 5.78. The van der Waals surface area contributed by atoms with Crippen molar-refractivity contribution in [1.82, 2.24) is 14.7 Å². The number of amides is 1. The average Bonchev–Trinajstić information content (AvgIpc) is 2.77. The van der Waals surface area contributed by atoms with E-state index in [4.69, 9.17) is 0 Å². The fourth-order valence-corrected chi connectivity index (χ4v) is 5.12. The first-order valence-corrected chi connectivity index (χ1v) is 11.7. The number of likely N-dealkylation sites (N-methyl/N-ethyl adjacent to an activating group) is 1. The van der Waals surface area contributed by atoms with Crippen LogP contribution in [0.4, 0.5) is 0 Å². The van der Waals surface area contributed by atoms with Crippen molar-refractivity contribution in [2.45, 2.75) is 30.8 Å². The summed E-state index contributed by atoms with van der Waals surface area (Å²) in [6, 6.07) is 19.4. The van der Waals surface area contributed by atoms with Gasteiger partial charge in [-0.2, -0.15) is 0 Å². The SMILES string of the molecule is CN(C)CC(=O)N1CCCCN2[C@H](CO)[C@H](c3ccc(C=Cc4ccccc4)cc3)[C@H]2C1. The molecule has 1 amide bonds. The zero-order valence-corrected chi connectivity index (χ0v) is 19.2. The van der Waals surface area contributed by atoms with Crippen LogP contribution >= 0.6 is 0 Å². The number of hydrogen-bond acceptors (Lipinski definition) is 4. The number of rotatable bonds is 6. The molecule has 5 nitrogen and oxygen atoms in total. The zero-order chi connectivity index (χ0) is 22.5. The highest BCUT2D eigenvalue weighted by Crippen LogP contribution is 2.42. The van der Waals surface area contributed by atoms with Gasteiger partial charge in [0.05, 0.1) is 13.2 Å². The summed E-state index contributed by atoms with van der Waals surface area (Å²) in [7, 11) is 3.88. The van der Waals surface area contributed by atoms with Crippen molar-refractivity contribution in [2.24, 2.45) is 0 Å². The van der Waals surface area contributed by atoms with Crippen molar-refractivity contribution in [3.8, 4) is 0 Å². The molecule has 0 bridgehead atoms. The zero-order valence-electron chi connectivity index (χ0n) is 19.2. The van der Waals surface area contributed by atoms with Crippen molar-refractivity contribution in [3.05, 3.63) is 71.3 Å². The van der Waals surface area contributed by atoms with Gasteiger partial charge in [-0.3, -0.25) is 9.69 Å². The number of aliphatic hydroxyl groups is 1. The summed E-state index contributed by atoms with van der Waals surface area (Å²) in [5, 5.41) is 10.1. The van der Waals surface area contributed by atoms with Crippen LogP contribution in [0.5, 0.6) is 0 Å². The largest absolute Gasteiger partial charge is 0.395 e. The molecule has 2 aliphatic rings. The standard InChI is InChI=1S/C27H35N3O2/c1-28(2)19-26(32)29-16-6-7-17-30-24(18-29)27(25(30)20-31)23-14-12-22(13-15-23)11-10-21-8-4-3-5-9-21/h3-5,8-15,24-25,27,31H,6-7,16-20H2,1-2H3/t24-,25-,27-/m1/s1. The molecule has 1 N–H and O–H groups in total. The fraction of sp³-hybridized carbons (Fsp3) is 0.444. The van der Waals surface area contributed by atoms with E-state index in [1.807, 2.05) is 42.1 Å². The molecule has 0 aromatic heterocycles. The molecule has 32 heavy (non-hydrogen) atoms. The minimum Gasteiger partial charge on any atom is -0.395 e. The molecule has 3 atom stereocenters. The molecule has 2 aliphatic heterocycles. The summed E-state index contributed by atoms with van der Waals surface area (Å²) in [5.41, 5.74) is 3.60. The van der Waals surface area contributed by atoms with E-state index in [1.165, 1.54) is 11.1 Å². The fourth-order valence-electron chi connectivity index (χ4n) is 5.12. The van der Waals surface area contributed by atoms with E-state index in [1.54, 1.807) is 0 Å². The number of hydrogen-bond donors (Lipinski definition) is 1. The van der Waals surface area contributed by atoms with Crippen LogP contribution in [0.15, 0.2) is 54.6 Å². The lowest BCUT2D eigenvalue weighted by Gasteiger charge is -2.57. The van der Waals surface area contributed by atoms with Gasteiger partial charge in [0, 0.05) is 31.1 Å². The molecule has 0 unspecified atom stereocenters. The van der Waals surface area contributed by atoms with Gasteiger partial charge in [0.15, 0.2) is 0 Å². The monoisotopic (exact) mass is 433 g/mol. The van der Waals surface area contributed by atoms with Crippen LogP contribution in [0, 0.1) is 0 Å². The first-order chi connectivity index (χ1) is 15.6. The second kappa shape index (κ2) is 10.4. The molecule has 2 fully saturated rings. The molecule has 2 aromatic carbocycles. The van der Waals surface area contributed by atoms with Crippen molar-refractivity contribution in [3.63, 3.8) is 0 Å². The Morgan fingerprint density at radius 3 is 2.31 bits per heavy atom. The summed E-state index contributed by atoms with van der Waals surface area (Å²) >= 11 is 0. The first-order valence-electron chi connectivity index (χ1n) is 11.7. The molecule has 0 radical (unpaired) electrons. The molecule has 5 heteroatoms.